The maximum atomic E-state index is 12.2. The highest BCUT2D eigenvalue weighted by Crippen LogP contribution is 2.32. The van der Waals surface area contributed by atoms with E-state index < -0.39 is 6.09 Å². The van der Waals surface area contributed by atoms with Gasteiger partial charge in [0.2, 0.25) is 0 Å². The fraction of sp³-hybridized carbons (Fsp3) is 0.429. The Morgan fingerprint density at radius 2 is 2.00 bits per heavy atom. The number of hydrogen-bond donors (Lipinski definition) is 1. The number of ether oxygens (including phenoxy) is 3. The molecule has 1 saturated heterocycles. The van der Waals surface area contributed by atoms with Crippen molar-refractivity contribution in [1.82, 2.24) is 5.32 Å². The summed E-state index contributed by atoms with van der Waals surface area (Å²) in [6, 6.07) is 11.3. The van der Waals surface area contributed by atoms with Gasteiger partial charge in [0.1, 0.15) is 6.61 Å². The molecule has 2 atom stereocenters. The number of benzene rings is 1. The van der Waals surface area contributed by atoms with Crippen molar-refractivity contribution in [3.63, 3.8) is 0 Å². The highest BCUT2D eigenvalue weighted by Gasteiger charge is 2.32. The van der Waals surface area contributed by atoms with Gasteiger partial charge < -0.3 is 24.4 Å². The summed E-state index contributed by atoms with van der Waals surface area (Å²) in [6.45, 7) is 3.49. The number of carbonyl (C=O) groups is 2. The number of hydrogen-bond acceptors (Lipinski definition) is 7. The number of thiophene rings is 1. The molecule has 1 aliphatic heterocycles. The summed E-state index contributed by atoms with van der Waals surface area (Å²) in [6.07, 6.45) is 0.0787. The van der Waals surface area contributed by atoms with Crippen LogP contribution in [-0.4, -0.2) is 51.5 Å². The number of aryl methyl sites for hydroxylation is 1. The minimum Gasteiger partial charge on any atom is -0.465 e. The molecule has 0 unspecified atom stereocenters. The molecule has 8 heteroatoms. The first kappa shape index (κ1) is 21.1. The van der Waals surface area contributed by atoms with Crippen LogP contribution in [0.25, 0.3) is 0 Å². The lowest BCUT2D eigenvalue weighted by Crippen LogP contribution is -2.54. The number of nitrogens with one attached hydrogen (secondary N) is 1. The lowest BCUT2D eigenvalue weighted by Gasteiger charge is -2.38. The van der Waals surface area contributed by atoms with Crippen LogP contribution in [0.2, 0.25) is 0 Å². The molecule has 156 valence electrons. The van der Waals surface area contributed by atoms with Crippen LogP contribution in [0.1, 0.15) is 27.2 Å². The molecule has 2 aromatic rings. The Bertz CT molecular complexity index is 839. The third-order valence-electron chi connectivity index (χ3n) is 5.00. The normalized spacial score (nSPS) is 18.9. The SMILES string of the molecule is COC(=O)c1cc(N2CC[C@@H](NC(=O)OCc3ccccc3)[C@@H](OC)C2)sc1C. The van der Waals surface area contributed by atoms with Crippen LogP contribution >= 0.6 is 11.3 Å². The first-order valence-corrected chi connectivity index (χ1v) is 10.3. The summed E-state index contributed by atoms with van der Waals surface area (Å²) in [5.74, 6) is -0.328. The van der Waals surface area contributed by atoms with Crippen LogP contribution in [0.5, 0.6) is 0 Å². The van der Waals surface area contributed by atoms with Gasteiger partial charge in [-0.3, -0.25) is 0 Å². The quantitative estimate of drug-likeness (QED) is 0.725. The lowest BCUT2D eigenvalue weighted by molar-refractivity contribution is 0.0547. The zero-order valence-electron chi connectivity index (χ0n) is 16.8. The van der Waals surface area contributed by atoms with E-state index in [0.29, 0.717) is 18.5 Å². The molecule has 0 spiro atoms. The van der Waals surface area contributed by atoms with Gasteiger partial charge in [-0.2, -0.15) is 0 Å². The second-order valence-corrected chi connectivity index (χ2v) is 8.10. The molecule has 0 radical (unpaired) electrons. The predicted octanol–water partition coefficient (Wildman–Crippen LogP) is 3.36. The fourth-order valence-corrected chi connectivity index (χ4v) is 4.41. The first-order valence-electron chi connectivity index (χ1n) is 9.45. The second-order valence-electron chi connectivity index (χ2n) is 6.87. The van der Waals surface area contributed by atoms with Gasteiger partial charge in [-0.25, -0.2) is 9.59 Å². The van der Waals surface area contributed by atoms with Gasteiger partial charge in [0, 0.05) is 25.1 Å². The van der Waals surface area contributed by atoms with E-state index >= 15 is 0 Å². The Labute approximate surface area is 174 Å². The van der Waals surface area contributed by atoms with E-state index in [0.717, 1.165) is 22.0 Å². The van der Waals surface area contributed by atoms with E-state index in [1.165, 1.54) is 7.11 Å². The summed E-state index contributed by atoms with van der Waals surface area (Å²) in [4.78, 5) is 27.2. The average molecular weight is 419 g/mol. The number of esters is 1. The summed E-state index contributed by atoms with van der Waals surface area (Å²) in [5, 5.41) is 3.92. The number of piperidine rings is 1. The van der Waals surface area contributed by atoms with E-state index in [4.69, 9.17) is 14.2 Å². The Morgan fingerprint density at radius 3 is 2.69 bits per heavy atom. The van der Waals surface area contributed by atoms with Crippen LogP contribution in [0.4, 0.5) is 9.80 Å². The topological polar surface area (TPSA) is 77.1 Å². The number of amides is 1. The van der Waals surface area contributed by atoms with Crippen LogP contribution in [0.3, 0.4) is 0 Å². The Hall–Kier alpha value is -2.58. The van der Waals surface area contributed by atoms with Crippen LogP contribution in [-0.2, 0) is 20.8 Å². The van der Waals surface area contributed by atoms with Gasteiger partial charge in [0.25, 0.3) is 0 Å². The molecule has 0 aliphatic carbocycles. The summed E-state index contributed by atoms with van der Waals surface area (Å²) >= 11 is 1.56. The third-order valence-corrected chi connectivity index (χ3v) is 6.11. The second kappa shape index (κ2) is 9.76. The zero-order chi connectivity index (χ0) is 20.8. The molecule has 0 saturated carbocycles. The summed E-state index contributed by atoms with van der Waals surface area (Å²) in [7, 11) is 3.02. The summed E-state index contributed by atoms with van der Waals surface area (Å²) in [5.41, 5.74) is 1.53. The van der Waals surface area contributed by atoms with Crippen molar-refractivity contribution >= 4 is 28.4 Å². The minimum atomic E-state index is -0.450. The van der Waals surface area contributed by atoms with Crippen molar-refractivity contribution in [2.45, 2.75) is 32.1 Å². The number of carbonyl (C=O) groups excluding carboxylic acids is 2. The van der Waals surface area contributed by atoms with Gasteiger partial charge in [-0.15, -0.1) is 11.3 Å². The first-order chi connectivity index (χ1) is 14.0. The largest absolute Gasteiger partial charge is 0.465 e. The van der Waals surface area contributed by atoms with Crippen molar-refractivity contribution in [1.29, 1.82) is 0 Å². The molecule has 0 bridgehead atoms. The van der Waals surface area contributed by atoms with E-state index in [9.17, 15) is 9.59 Å². The van der Waals surface area contributed by atoms with Crippen molar-refractivity contribution < 1.29 is 23.8 Å². The molecular formula is C21H26N2O5S. The predicted molar refractivity (Wildman–Crippen MR) is 112 cm³/mol. The maximum absolute atomic E-state index is 12.2. The highest BCUT2D eigenvalue weighted by molar-refractivity contribution is 7.16. The van der Waals surface area contributed by atoms with Crippen molar-refractivity contribution in [2.75, 3.05) is 32.2 Å². The third kappa shape index (κ3) is 5.27. The molecule has 1 N–H and O–H groups in total. The Morgan fingerprint density at radius 1 is 1.24 bits per heavy atom. The van der Waals surface area contributed by atoms with Crippen LogP contribution < -0.4 is 10.2 Å². The van der Waals surface area contributed by atoms with E-state index in [1.807, 2.05) is 43.3 Å². The zero-order valence-corrected chi connectivity index (χ0v) is 17.7. The standard InChI is InChI=1S/C21H26N2O5S/c1-14-16(20(24)27-3)11-19(29-14)23-10-9-17(18(12-23)26-2)22-21(25)28-13-15-7-5-4-6-8-15/h4-8,11,17-18H,9-10,12-13H2,1-3H3,(H,22,25)/t17-,18+/m1/s1. The Kier molecular flexibility index (Phi) is 7.11. The van der Waals surface area contributed by atoms with Gasteiger partial charge in [0.05, 0.1) is 29.8 Å². The Balaban J connectivity index is 1.56. The van der Waals surface area contributed by atoms with Gasteiger partial charge >= 0.3 is 12.1 Å². The molecule has 29 heavy (non-hydrogen) atoms. The van der Waals surface area contributed by atoms with Crippen molar-refractivity contribution in [3.8, 4) is 0 Å². The van der Waals surface area contributed by atoms with E-state index in [1.54, 1.807) is 18.4 Å². The summed E-state index contributed by atoms with van der Waals surface area (Å²) < 4.78 is 15.8. The monoisotopic (exact) mass is 418 g/mol. The molecule has 1 aromatic heterocycles. The maximum Gasteiger partial charge on any atom is 0.407 e. The molecule has 1 aliphatic rings. The van der Waals surface area contributed by atoms with Gasteiger partial charge in [0.15, 0.2) is 0 Å². The number of nitrogens with zero attached hydrogens (tertiary/aromatic N) is 1. The molecule has 1 fully saturated rings. The molecular weight excluding hydrogens is 392 g/mol. The number of methoxy groups -OCH3 is 2. The number of rotatable bonds is 6. The van der Waals surface area contributed by atoms with Gasteiger partial charge in [-0.1, -0.05) is 30.3 Å². The fourth-order valence-electron chi connectivity index (χ4n) is 3.37. The smallest absolute Gasteiger partial charge is 0.407 e. The van der Waals surface area contributed by atoms with E-state index in [-0.39, 0.29) is 24.7 Å². The average Bonchev–Trinajstić information content (AvgIpc) is 3.14. The van der Waals surface area contributed by atoms with Crippen LogP contribution in [0, 0.1) is 6.92 Å². The number of alkyl carbamates (subject to hydrolysis) is 1. The molecule has 7 nitrogen and oxygen atoms in total. The molecule has 1 amide bonds. The molecule has 2 heterocycles. The van der Waals surface area contributed by atoms with Crippen molar-refractivity contribution in [3.05, 3.63) is 52.4 Å². The van der Waals surface area contributed by atoms with Crippen LogP contribution in [0.15, 0.2) is 36.4 Å². The number of anilines is 1. The minimum absolute atomic E-state index is 0.138. The highest BCUT2D eigenvalue weighted by atomic mass is 32.1. The lowest BCUT2D eigenvalue weighted by atomic mass is 10.0. The van der Waals surface area contributed by atoms with E-state index in [2.05, 4.69) is 10.2 Å². The van der Waals surface area contributed by atoms with Gasteiger partial charge in [-0.05, 0) is 25.0 Å². The molecule has 1 aromatic carbocycles. The molecule has 3 rings (SSSR count). The van der Waals surface area contributed by atoms with Crippen molar-refractivity contribution in [2.24, 2.45) is 0 Å².